The number of nitrogens with zero attached hydrogens (tertiary/aromatic N) is 2. The van der Waals surface area contributed by atoms with Gasteiger partial charge in [0.05, 0.1) is 19.9 Å². The molecule has 2 aromatic rings. The molecule has 0 saturated carbocycles. The van der Waals surface area contributed by atoms with Crippen LogP contribution < -0.4 is 19.7 Å². The average molecular weight is 369 g/mol. The molecule has 1 aromatic heterocycles. The van der Waals surface area contributed by atoms with Gasteiger partial charge in [-0.2, -0.15) is 0 Å². The maximum absolute atomic E-state index is 12.8. The highest BCUT2D eigenvalue weighted by Crippen LogP contribution is 2.30. The first-order valence-electron chi connectivity index (χ1n) is 9.42. The van der Waals surface area contributed by atoms with Crippen molar-refractivity contribution in [2.24, 2.45) is 0 Å². The summed E-state index contributed by atoms with van der Waals surface area (Å²) in [6, 6.07) is 9.41. The molecule has 0 aliphatic carbocycles. The summed E-state index contributed by atoms with van der Waals surface area (Å²) in [6.45, 7) is 3.19. The second kappa shape index (κ2) is 8.75. The highest BCUT2D eigenvalue weighted by molar-refractivity contribution is 6.05. The van der Waals surface area contributed by atoms with Gasteiger partial charge < -0.3 is 19.7 Å². The predicted molar refractivity (Wildman–Crippen MR) is 107 cm³/mol. The Labute approximate surface area is 160 Å². The molecule has 1 unspecified atom stereocenters. The number of carbonyl (C=O) groups excluding carboxylic acids is 1. The molecule has 6 heteroatoms. The van der Waals surface area contributed by atoms with Crippen LogP contribution in [0.1, 0.15) is 43.0 Å². The second-order valence-electron chi connectivity index (χ2n) is 6.67. The van der Waals surface area contributed by atoms with Gasteiger partial charge in [-0.05, 0) is 49.9 Å². The van der Waals surface area contributed by atoms with Crippen LogP contribution in [-0.2, 0) is 0 Å². The number of methoxy groups -OCH3 is 2. The minimum Gasteiger partial charge on any atom is -0.497 e. The van der Waals surface area contributed by atoms with Crippen LogP contribution in [0.15, 0.2) is 36.5 Å². The summed E-state index contributed by atoms with van der Waals surface area (Å²) in [5.74, 6) is 1.91. The molecule has 1 atom stereocenters. The first-order valence-corrected chi connectivity index (χ1v) is 9.42. The van der Waals surface area contributed by atoms with Crippen LogP contribution in [0.25, 0.3) is 0 Å². The Bertz CT molecular complexity index is 794. The lowest BCUT2D eigenvalue weighted by atomic mass is 10.00. The molecule has 0 spiro atoms. The molecule has 2 heterocycles. The maximum Gasteiger partial charge on any atom is 0.255 e. The molecule has 1 fully saturated rings. The summed E-state index contributed by atoms with van der Waals surface area (Å²) in [6.07, 6.45) is 6.39. The van der Waals surface area contributed by atoms with Crippen molar-refractivity contribution in [2.75, 3.05) is 31.0 Å². The van der Waals surface area contributed by atoms with E-state index in [1.807, 2.05) is 6.07 Å². The molecule has 0 bridgehead atoms. The van der Waals surface area contributed by atoms with Crippen molar-refractivity contribution in [1.82, 2.24) is 4.98 Å². The normalized spacial score (nSPS) is 16.7. The van der Waals surface area contributed by atoms with E-state index in [0.29, 0.717) is 28.8 Å². The third-order valence-corrected chi connectivity index (χ3v) is 5.06. The maximum atomic E-state index is 12.8. The van der Waals surface area contributed by atoms with E-state index in [2.05, 4.69) is 22.1 Å². The lowest BCUT2D eigenvalue weighted by Crippen LogP contribution is -2.39. The molecule has 144 valence electrons. The molecule has 1 aromatic carbocycles. The molecule has 1 aliphatic heterocycles. The summed E-state index contributed by atoms with van der Waals surface area (Å²) < 4.78 is 10.6. The number of hydrogen-bond acceptors (Lipinski definition) is 5. The molecule has 1 aliphatic rings. The number of anilines is 2. The van der Waals surface area contributed by atoms with E-state index in [1.54, 1.807) is 44.7 Å². The Morgan fingerprint density at radius 2 is 2.07 bits per heavy atom. The molecule has 0 radical (unpaired) electrons. The Hall–Kier alpha value is -2.76. The van der Waals surface area contributed by atoms with Gasteiger partial charge >= 0.3 is 0 Å². The molecular weight excluding hydrogens is 342 g/mol. The molecular formula is C21H27N3O3. The first-order chi connectivity index (χ1) is 13.2. The molecule has 27 heavy (non-hydrogen) atoms. The van der Waals surface area contributed by atoms with Crippen molar-refractivity contribution < 1.29 is 14.3 Å². The van der Waals surface area contributed by atoms with Crippen molar-refractivity contribution in [3.8, 4) is 11.5 Å². The SMILES string of the molecule is CCC1CCCCN1c1cc(C(=O)Nc2ccc(OC)cc2OC)ccn1. The van der Waals surface area contributed by atoms with E-state index in [9.17, 15) is 4.79 Å². The van der Waals surface area contributed by atoms with E-state index < -0.39 is 0 Å². The number of amides is 1. The number of hydrogen-bond donors (Lipinski definition) is 1. The van der Waals surface area contributed by atoms with Crippen molar-refractivity contribution in [1.29, 1.82) is 0 Å². The van der Waals surface area contributed by atoms with Gasteiger partial charge in [-0.1, -0.05) is 6.92 Å². The highest BCUT2D eigenvalue weighted by atomic mass is 16.5. The monoisotopic (exact) mass is 369 g/mol. The fourth-order valence-electron chi connectivity index (χ4n) is 3.54. The van der Waals surface area contributed by atoms with Crippen molar-refractivity contribution in [3.05, 3.63) is 42.1 Å². The van der Waals surface area contributed by atoms with Gasteiger partial charge in [0.2, 0.25) is 0 Å². The minimum atomic E-state index is -0.188. The number of nitrogens with one attached hydrogen (secondary N) is 1. The number of rotatable bonds is 6. The van der Waals surface area contributed by atoms with Crippen molar-refractivity contribution in [3.63, 3.8) is 0 Å². The molecule has 3 rings (SSSR count). The van der Waals surface area contributed by atoms with Gasteiger partial charge in [0.1, 0.15) is 17.3 Å². The topological polar surface area (TPSA) is 63.7 Å². The zero-order chi connectivity index (χ0) is 19.2. The molecule has 1 saturated heterocycles. The Kier molecular flexibility index (Phi) is 6.16. The predicted octanol–water partition coefficient (Wildman–Crippen LogP) is 4.12. The number of aromatic nitrogens is 1. The average Bonchev–Trinajstić information content (AvgIpc) is 2.74. The lowest BCUT2D eigenvalue weighted by Gasteiger charge is -2.36. The van der Waals surface area contributed by atoms with Crippen LogP contribution in [-0.4, -0.2) is 37.7 Å². The quantitative estimate of drug-likeness (QED) is 0.830. The van der Waals surface area contributed by atoms with Crippen LogP contribution in [0.4, 0.5) is 11.5 Å². The zero-order valence-electron chi connectivity index (χ0n) is 16.2. The second-order valence-corrected chi connectivity index (χ2v) is 6.67. The summed E-state index contributed by atoms with van der Waals surface area (Å²) in [5.41, 5.74) is 1.18. The summed E-state index contributed by atoms with van der Waals surface area (Å²) >= 11 is 0. The fraction of sp³-hybridized carbons (Fsp3) is 0.429. The van der Waals surface area contributed by atoms with Gasteiger partial charge in [0.25, 0.3) is 5.91 Å². The van der Waals surface area contributed by atoms with Crippen LogP contribution in [0.5, 0.6) is 11.5 Å². The lowest BCUT2D eigenvalue weighted by molar-refractivity contribution is 0.102. The smallest absolute Gasteiger partial charge is 0.255 e. The van der Waals surface area contributed by atoms with E-state index in [-0.39, 0.29) is 5.91 Å². The van der Waals surface area contributed by atoms with Crippen LogP contribution in [0.3, 0.4) is 0 Å². The molecule has 1 N–H and O–H groups in total. The Morgan fingerprint density at radius 1 is 1.22 bits per heavy atom. The number of ether oxygens (including phenoxy) is 2. The summed E-state index contributed by atoms with van der Waals surface area (Å²) in [7, 11) is 3.16. The largest absolute Gasteiger partial charge is 0.497 e. The number of piperidine rings is 1. The standard InChI is InChI=1S/C21H27N3O3/c1-4-16-7-5-6-12-24(16)20-13-15(10-11-22-20)21(25)23-18-9-8-17(26-2)14-19(18)27-3/h8-11,13-14,16H,4-7,12H2,1-3H3,(H,23,25). The number of pyridine rings is 1. The molecule has 1 amide bonds. The Balaban J connectivity index is 1.80. The van der Waals surface area contributed by atoms with E-state index >= 15 is 0 Å². The van der Waals surface area contributed by atoms with Gasteiger partial charge in [-0.3, -0.25) is 4.79 Å². The third-order valence-electron chi connectivity index (χ3n) is 5.06. The summed E-state index contributed by atoms with van der Waals surface area (Å²) in [4.78, 5) is 19.6. The van der Waals surface area contributed by atoms with Crippen LogP contribution in [0.2, 0.25) is 0 Å². The van der Waals surface area contributed by atoms with Crippen LogP contribution in [0, 0.1) is 0 Å². The number of carbonyl (C=O) groups is 1. The van der Waals surface area contributed by atoms with Gasteiger partial charge in [-0.15, -0.1) is 0 Å². The third kappa shape index (κ3) is 4.32. The fourth-order valence-corrected chi connectivity index (χ4v) is 3.54. The van der Waals surface area contributed by atoms with E-state index in [4.69, 9.17) is 9.47 Å². The van der Waals surface area contributed by atoms with E-state index in [1.165, 1.54) is 12.8 Å². The Morgan fingerprint density at radius 3 is 2.81 bits per heavy atom. The highest BCUT2D eigenvalue weighted by Gasteiger charge is 2.22. The van der Waals surface area contributed by atoms with Gasteiger partial charge in [-0.25, -0.2) is 4.98 Å². The number of benzene rings is 1. The zero-order valence-corrected chi connectivity index (χ0v) is 16.2. The first kappa shape index (κ1) is 19.0. The van der Waals surface area contributed by atoms with Gasteiger partial charge in [0.15, 0.2) is 0 Å². The molecule has 6 nitrogen and oxygen atoms in total. The summed E-state index contributed by atoms with van der Waals surface area (Å²) in [5, 5.41) is 2.92. The van der Waals surface area contributed by atoms with E-state index in [0.717, 1.165) is 25.2 Å². The van der Waals surface area contributed by atoms with Gasteiger partial charge in [0, 0.05) is 30.4 Å². The van der Waals surface area contributed by atoms with Crippen molar-refractivity contribution in [2.45, 2.75) is 38.6 Å². The minimum absolute atomic E-state index is 0.188. The van der Waals surface area contributed by atoms with Crippen LogP contribution >= 0.6 is 0 Å². The van der Waals surface area contributed by atoms with Crippen molar-refractivity contribution >= 4 is 17.4 Å².